The summed E-state index contributed by atoms with van der Waals surface area (Å²) in [5.41, 5.74) is 0.912. The molecule has 1 unspecified atom stereocenters. The molecule has 0 aliphatic carbocycles. The number of nitriles is 1. The van der Waals surface area contributed by atoms with Gasteiger partial charge in [-0.1, -0.05) is 39.7 Å². The van der Waals surface area contributed by atoms with Crippen molar-refractivity contribution in [2.45, 2.75) is 5.92 Å². The van der Waals surface area contributed by atoms with Crippen LogP contribution < -0.4 is 4.74 Å². The van der Waals surface area contributed by atoms with E-state index in [1.165, 1.54) is 7.11 Å². The van der Waals surface area contributed by atoms with Gasteiger partial charge in [0, 0.05) is 10.0 Å². The van der Waals surface area contributed by atoms with Gasteiger partial charge in [-0.3, -0.25) is 4.79 Å². The van der Waals surface area contributed by atoms with Crippen molar-refractivity contribution in [3.63, 3.8) is 0 Å². The lowest BCUT2D eigenvalue weighted by molar-refractivity contribution is 0.0979. The molecule has 0 saturated carbocycles. The van der Waals surface area contributed by atoms with E-state index in [1.807, 2.05) is 6.07 Å². The zero-order valence-electron chi connectivity index (χ0n) is 11.1. The summed E-state index contributed by atoms with van der Waals surface area (Å²) < 4.78 is 5.90. The van der Waals surface area contributed by atoms with Gasteiger partial charge in [0.05, 0.1) is 18.2 Å². The van der Waals surface area contributed by atoms with E-state index in [0.717, 1.165) is 4.47 Å². The molecule has 2 aromatic carbocycles. The molecular weight excluding hydrogens is 354 g/mol. The number of hydrogen-bond acceptors (Lipinski definition) is 3. The maximum atomic E-state index is 12.5. The predicted molar refractivity (Wildman–Crippen MR) is 84.8 cm³/mol. The minimum atomic E-state index is -0.918. The number of Topliss-reactive ketones (excluding diaryl/α,β-unsaturated/α-hetero) is 1. The Kier molecular flexibility index (Phi) is 5.00. The first kappa shape index (κ1) is 15.6. The average molecular weight is 365 g/mol. The quantitative estimate of drug-likeness (QED) is 0.745. The molecule has 106 valence electrons. The largest absolute Gasteiger partial charge is 0.497 e. The van der Waals surface area contributed by atoms with Crippen molar-refractivity contribution in [3.05, 3.63) is 63.1 Å². The molecule has 0 amide bonds. The van der Waals surface area contributed by atoms with Crippen LogP contribution in [-0.2, 0) is 0 Å². The van der Waals surface area contributed by atoms with E-state index in [-0.39, 0.29) is 5.78 Å². The smallest absolute Gasteiger partial charge is 0.185 e. The molecule has 0 aliphatic rings. The number of ketones is 1. The molecule has 5 heteroatoms. The fourth-order valence-electron chi connectivity index (χ4n) is 1.95. The molecule has 3 nitrogen and oxygen atoms in total. The van der Waals surface area contributed by atoms with Gasteiger partial charge in [-0.2, -0.15) is 5.26 Å². The van der Waals surface area contributed by atoms with Crippen LogP contribution in [0.25, 0.3) is 0 Å². The van der Waals surface area contributed by atoms with Crippen LogP contribution in [0.2, 0.25) is 5.02 Å². The summed E-state index contributed by atoms with van der Waals surface area (Å²) in [5, 5.41) is 9.67. The normalized spacial score (nSPS) is 11.5. The molecule has 0 bridgehead atoms. The van der Waals surface area contributed by atoms with Crippen LogP contribution >= 0.6 is 27.5 Å². The number of nitrogens with zero attached hydrogens (tertiary/aromatic N) is 1. The first-order valence-electron chi connectivity index (χ1n) is 6.09. The van der Waals surface area contributed by atoms with E-state index in [0.29, 0.717) is 21.9 Å². The Balaban J connectivity index is 2.41. The average Bonchev–Trinajstić information content (AvgIpc) is 2.48. The van der Waals surface area contributed by atoms with Gasteiger partial charge in [-0.25, -0.2) is 0 Å². The van der Waals surface area contributed by atoms with Gasteiger partial charge in [0.15, 0.2) is 5.78 Å². The number of rotatable bonds is 4. The highest BCUT2D eigenvalue weighted by atomic mass is 79.9. The molecule has 0 radical (unpaired) electrons. The Hall–Kier alpha value is -1.83. The predicted octanol–water partition coefficient (Wildman–Crippen LogP) is 4.60. The summed E-state index contributed by atoms with van der Waals surface area (Å²) in [7, 11) is 1.54. The second-order valence-electron chi connectivity index (χ2n) is 4.33. The van der Waals surface area contributed by atoms with Crippen LogP contribution in [0.15, 0.2) is 46.9 Å². The van der Waals surface area contributed by atoms with Crippen LogP contribution in [0.1, 0.15) is 21.8 Å². The Labute approximate surface area is 136 Å². The van der Waals surface area contributed by atoms with Crippen molar-refractivity contribution in [3.8, 4) is 11.8 Å². The van der Waals surface area contributed by atoms with Crippen molar-refractivity contribution in [2.24, 2.45) is 0 Å². The zero-order valence-corrected chi connectivity index (χ0v) is 13.5. The SMILES string of the molecule is COc1cccc(C(C#N)C(=O)c2ccc(Br)cc2Cl)c1. The Morgan fingerprint density at radius 1 is 1.33 bits per heavy atom. The van der Waals surface area contributed by atoms with Crippen LogP contribution in [0.5, 0.6) is 5.75 Å². The van der Waals surface area contributed by atoms with E-state index >= 15 is 0 Å². The van der Waals surface area contributed by atoms with Gasteiger partial charge in [-0.15, -0.1) is 0 Å². The number of halogens is 2. The number of hydrogen-bond donors (Lipinski definition) is 0. The Morgan fingerprint density at radius 3 is 2.71 bits per heavy atom. The number of benzene rings is 2. The Bertz CT molecular complexity index is 724. The third-order valence-electron chi connectivity index (χ3n) is 3.02. The second kappa shape index (κ2) is 6.75. The lowest BCUT2D eigenvalue weighted by atomic mass is 9.92. The number of carbonyl (C=O) groups is 1. The van der Waals surface area contributed by atoms with Gasteiger partial charge in [0.25, 0.3) is 0 Å². The highest BCUT2D eigenvalue weighted by Crippen LogP contribution is 2.28. The number of methoxy groups -OCH3 is 1. The number of ether oxygens (including phenoxy) is 1. The summed E-state index contributed by atoms with van der Waals surface area (Å²) in [6.07, 6.45) is 0. The molecule has 21 heavy (non-hydrogen) atoms. The summed E-state index contributed by atoms with van der Waals surface area (Å²) in [6.45, 7) is 0. The molecule has 2 aromatic rings. The monoisotopic (exact) mass is 363 g/mol. The minimum Gasteiger partial charge on any atom is -0.497 e. The molecule has 0 aromatic heterocycles. The molecule has 1 atom stereocenters. The van der Waals surface area contributed by atoms with E-state index < -0.39 is 5.92 Å². The third kappa shape index (κ3) is 3.44. The van der Waals surface area contributed by atoms with Crippen molar-refractivity contribution in [1.29, 1.82) is 5.26 Å². The van der Waals surface area contributed by atoms with Gasteiger partial charge >= 0.3 is 0 Å². The molecule has 0 fully saturated rings. The fourth-order valence-corrected chi connectivity index (χ4v) is 2.72. The van der Waals surface area contributed by atoms with Crippen molar-refractivity contribution < 1.29 is 9.53 Å². The standard InChI is InChI=1S/C16H11BrClNO2/c1-21-12-4-2-3-10(7-12)14(9-19)16(20)13-6-5-11(17)8-15(13)18/h2-8,14H,1H3. The molecule has 0 saturated heterocycles. The first-order chi connectivity index (χ1) is 10.1. The van der Waals surface area contributed by atoms with Gasteiger partial charge < -0.3 is 4.74 Å². The van der Waals surface area contributed by atoms with Crippen molar-refractivity contribution in [2.75, 3.05) is 7.11 Å². The van der Waals surface area contributed by atoms with Crippen molar-refractivity contribution >= 4 is 33.3 Å². The summed E-state index contributed by atoms with van der Waals surface area (Å²) in [6, 6.07) is 13.9. The van der Waals surface area contributed by atoms with Crippen LogP contribution in [0.4, 0.5) is 0 Å². The summed E-state index contributed by atoms with van der Waals surface area (Å²) in [4.78, 5) is 12.5. The van der Waals surface area contributed by atoms with E-state index in [4.69, 9.17) is 16.3 Å². The zero-order chi connectivity index (χ0) is 15.4. The number of carbonyl (C=O) groups excluding carboxylic acids is 1. The first-order valence-corrected chi connectivity index (χ1v) is 7.26. The third-order valence-corrected chi connectivity index (χ3v) is 3.82. The maximum Gasteiger partial charge on any atom is 0.185 e. The van der Waals surface area contributed by atoms with Crippen LogP contribution in [0.3, 0.4) is 0 Å². The molecule has 0 spiro atoms. The highest BCUT2D eigenvalue weighted by Gasteiger charge is 2.24. The lowest BCUT2D eigenvalue weighted by Crippen LogP contribution is -2.12. The summed E-state index contributed by atoms with van der Waals surface area (Å²) in [5.74, 6) is -0.649. The van der Waals surface area contributed by atoms with Crippen LogP contribution in [-0.4, -0.2) is 12.9 Å². The highest BCUT2D eigenvalue weighted by molar-refractivity contribution is 9.10. The summed E-state index contributed by atoms with van der Waals surface area (Å²) >= 11 is 9.37. The Morgan fingerprint density at radius 2 is 2.10 bits per heavy atom. The van der Waals surface area contributed by atoms with Gasteiger partial charge in [0.2, 0.25) is 0 Å². The topological polar surface area (TPSA) is 50.1 Å². The molecule has 0 N–H and O–H groups in total. The lowest BCUT2D eigenvalue weighted by Gasteiger charge is -2.11. The van der Waals surface area contributed by atoms with Crippen LogP contribution in [0, 0.1) is 11.3 Å². The minimum absolute atomic E-state index is 0.317. The molecule has 2 rings (SSSR count). The molecule has 0 aliphatic heterocycles. The molecular formula is C16H11BrClNO2. The van der Waals surface area contributed by atoms with Gasteiger partial charge in [-0.05, 0) is 35.9 Å². The maximum absolute atomic E-state index is 12.5. The van der Waals surface area contributed by atoms with Crippen molar-refractivity contribution in [1.82, 2.24) is 0 Å². The van der Waals surface area contributed by atoms with Gasteiger partial charge in [0.1, 0.15) is 11.7 Å². The van der Waals surface area contributed by atoms with E-state index in [2.05, 4.69) is 15.9 Å². The molecule has 0 heterocycles. The second-order valence-corrected chi connectivity index (χ2v) is 5.65. The van der Waals surface area contributed by atoms with E-state index in [9.17, 15) is 10.1 Å². The fraction of sp³-hybridized carbons (Fsp3) is 0.125. The van der Waals surface area contributed by atoms with E-state index in [1.54, 1.807) is 42.5 Å².